The van der Waals surface area contributed by atoms with E-state index in [4.69, 9.17) is 0 Å². The van der Waals surface area contributed by atoms with Gasteiger partial charge in [-0.3, -0.25) is 4.31 Å². The van der Waals surface area contributed by atoms with Gasteiger partial charge in [-0.25, -0.2) is 8.42 Å². The molecule has 1 aliphatic carbocycles. The fourth-order valence-corrected chi connectivity index (χ4v) is 7.29. The summed E-state index contributed by atoms with van der Waals surface area (Å²) in [5.41, 5.74) is 4.43. The number of anilines is 1. The zero-order chi connectivity index (χ0) is 19.3. The van der Waals surface area contributed by atoms with E-state index in [0.717, 1.165) is 40.7 Å². The van der Waals surface area contributed by atoms with E-state index in [1.807, 2.05) is 36.4 Å². The molecule has 2 aromatic carbocycles. The van der Waals surface area contributed by atoms with E-state index in [-0.39, 0.29) is 5.25 Å². The third-order valence-corrected chi connectivity index (χ3v) is 9.10. The van der Waals surface area contributed by atoms with Crippen LogP contribution in [0.5, 0.6) is 0 Å². The predicted octanol–water partition coefficient (Wildman–Crippen LogP) is 5.13. The van der Waals surface area contributed by atoms with Gasteiger partial charge in [0, 0.05) is 33.3 Å². The first-order chi connectivity index (χ1) is 13.6. The number of para-hydroxylation sites is 1. The van der Waals surface area contributed by atoms with Crippen molar-refractivity contribution in [2.75, 3.05) is 10.8 Å². The van der Waals surface area contributed by atoms with Crippen molar-refractivity contribution in [2.24, 2.45) is 0 Å². The second-order valence-corrected chi connectivity index (χ2v) is 10.9. The summed E-state index contributed by atoms with van der Waals surface area (Å²) in [4.78, 5) is 4.93. The summed E-state index contributed by atoms with van der Waals surface area (Å²) in [6, 6.07) is 13.4. The number of nitrogens with one attached hydrogen (secondary N) is 1. The number of sulfonamides is 1. The maximum atomic E-state index is 13.7. The molecule has 1 atom stereocenters. The van der Waals surface area contributed by atoms with Gasteiger partial charge in [0.15, 0.2) is 0 Å². The van der Waals surface area contributed by atoms with Gasteiger partial charge in [0.25, 0.3) is 10.0 Å². The van der Waals surface area contributed by atoms with Gasteiger partial charge < -0.3 is 4.98 Å². The number of nitrogens with zero attached hydrogens (tertiary/aromatic N) is 1. The van der Waals surface area contributed by atoms with E-state index < -0.39 is 10.0 Å². The monoisotopic (exact) mass is 412 g/mol. The minimum Gasteiger partial charge on any atom is -0.358 e. The Labute approximate surface area is 170 Å². The molecule has 0 unspecified atom stereocenters. The van der Waals surface area contributed by atoms with Gasteiger partial charge in [0.05, 0.1) is 10.6 Å². The molecule has 1 aromatic heterocycles. The fourth-order valence-electron chi connectivity index (χ4n) is 4.38. The van der Waals surface area contributed by atoms with Crippen molar-refractivity contribution < 1.29 is 8.42 Å². The molecule has 3 aromatic rings. The summed E-state index contributed by atoms with van der Waals surface area (Å²) in [7, 11) is -3.61. The minimum absolute atomic E-state index is 0.272. The molecule has 2 heterocycles. The van der Waals surface area contributed by atoms with Crippen molar-refractivity contribution in [1.29, 1.82) is 0 Å². The van der Waals surface area contributed by atoms with E-state index in [0.29, 0.717) is 11.4 Å². The first-order valence-corrected chi connectivity index (χ1v) is 12.3. The van der Waals surface area contributed by atoms with Crippen LogP contribution in [0, 0.1) is 0 Å². The van der Waals surface area contributed by atoms with Crippen LogP contribution in [0.3, 0.4) is 0 Å². The van der Waals surface area contributed by atoms with Gasteiger partial charge in [0.2, 0.25) is 0 Å². The third kappa shape index (κ3) is 2.85. The van der Waals surface area contributed by atoms with Crippen LogP contribution in [0.4, 0.5) is 5.69 Å². The van der Waals surface area contributed by atoms with Crippen molar-refractivity contribution >= 4 is 38.4 Å². The highest BCUT2D eigenvalue weighted by Crippen LogP contribution is 2.42. The Hall–Kier alpha value is -1.92. The van der Waals surface area contributed by atoms with Crippen LogP contribution in [0.25, 0.3) is 10.9 Å². The number of aryl methyl sites for hydroxylation is 2. The lowest BCUT2D eigenvalue weighted by Gasteiger charge is -2.34. The molecule has 0 spiro atoms. The molecule has 2 aliphatic rings. The Morgan fingerprint density at radius 2 is 1.96 bits per heavy atom. The van der Waals surface area contributed by atoms with Crippen LogP contribution in [0.1, 0.15) is 37.4 Å². The largest absolute Gasteiger partial charge is 0.358 e. The van der Waals surface area contributed by atoms with Crippen LogP contribution < -0.4 is 4.31 Å². The lowest BCUT2D eigenvalue weighted by Crippen LogP contribution is -2.39. The maximum Gasteiger partial charge on any atom is 0.264 e. The Kier molecular flexibility index (Phi) is 4.43. The summed E-state index contributed by atoms with van der Waals surface area (Å²) >= 11 is 1.78. The van der Waals surface area contributed by atoms with Crippen molar-refractivity contribution in [3.63, 3.8) is 0 Å². The Morgan fingerprint density at radius 1 is 1.14 bits per heavy atom. The van der Waals surface area contributed by atoms with Crippen molar-refractivity contribution in [1.82, 2.24) is 4.98 Å². The normalized spacial score (nSPS) is 19.5. The molecule has 0 saturated heterocycles. The number of fused-ring (bicyclic) bond motifs is 4. The average Bonchev–Trinajstić information content (AvgIpc) is 3.10. The molecule has 4 nitrogen and oxygen atoms in total. The number of rotatable bonds is 3. The zero-order valence-corrected chi connectivity index (χ0v) is 17.6. The molecule has 1 N–H and O–H groups in total. The smallest absolute Gasteiger partial charge is 0.264 e. The van der Waals surface area contributed by atoms with Crippen LogP contribution >= 0.6 is 11.8 Å². The first kappa shape index (κ1) is 18.1. The first-order valence-electron chi connectivity index (χ1n) is 10.00. The van der Waals surface area contributed by atoms with Crippen LogP contribution in [-0.2, 0) is 22.9 Å². The van der Waals surface area contributed by atoms with Gasteiger partial charge in [0.1, 0.15) is 0 Å². The number of aromatic amines is 1. The molecule has 0 radical (unpaired) electrons. The molecular formula is C22H24N2O2S2. The minimum atomic E-state index is -3.61. The number of hydrogen-bond acceptors (Lipinski definition) is 3. The summed E-state index contributed by atoms with van der Waals surface area (Å²) in [5.74, 6) is 0. The van der Waals surface area contributed by atoms with E-state index in [2.05, 4.69) is 11.9 Å². The lowest BCUT2D eigenvalue weighted by atomic mass is 9.96. The van der Waals surface area contributed by atoms with E-state index in [9.17, 15) is 8.42 Å². The highest BCUT2D eigenvalue weighted by atomic mass is 32.2. The number of hydrogen-bond donors (Lipinski definition) is 1. The average molecular weight is 413 g/mol. The van der Waals surface area contributed by atoms with E-state index in [1.54, 1.807) is 22.1 Å². The van der Waals surface area contributed by atoms with Gasteiger partial charge in [-0.1, -0.05) is 19.1 Å². The number of thioether (sulfide) groups is 1. The highest BCUT2D eigenvalue weighted by molar-refractivity contribution is 8.00. The molecule has 1 aliphatic heterocycles. The standard InChI is InChI=1S/C22H24N2O2S2/c1-2-15-14-24(21-9-5-6-10-22(21)27-15)28(25,26)16-11-12-20-18(13-16)17-7-3-4-8-19(17)23-20/h5-6,9-13,15,23H,2-4,7-8,14H2,1H3/t15-/m1/s1. The Morgan fingerprint density at radius 3 is 2.82 bits per heavy atom. The SMILES string of the molecule is CC[C@@H]1CN(S(=O)(=O)c2ccc3[nH]c4c(c3c2)CCCC4)c2ccccc2S1. The van der Waals surface area contributed by atoms with Gasteiger partial charge in [-0.15, -0.1) is 11.8 Å². The maximum absolute atomic E-state index is 13.7. The number of H-pyrrole nitrogens is 1. The Bertz CT molecular complexity index is 1150. The van der Waals surface area contributed by atoms with E-state index in [1.165, 1.54) is 24.1 Å². The van der Waals surface area contributed by atoms with Crippen LogP contribution in [0.2, 0.25) is 0 Å². The summed E-state index contributed by atoms with van der Waals surface area (Å²) in [5, 5.41) is 1.34. The molecule has 0 amide bonds. The quantitative estimate of drug-likeness (QED) is 0.649. The Balaban J connectivity index is 1.62. The molecule has 0 saturated carbocycles. The summed E-state index contributed by atoms with van der Waals surface area (Å²) in [6.07, 6.45) is 5.40. The van der Waals surface area contributed by atoms with Crippen molar-refractivity contribution in [2.45, 2.75) is 54.1 Å². The van der Waals surface area contributed by atoms with Crippen LogP contribution in [-0.4, -0.2) is 25.2 Å². The van der Waals surface area contributed by atoms with Crippen LogP contribution in [0.15, 0.2) is 52.3 Å². The van der Waals surface area contributed by atoms with Gasteiger partial charge in [-0.05, 0) is 68.0 Å². The fraction of sp³-hybridized carbons (Fsp3) is 0.364. The summed E-state index contributed by atoms with van der Waals surface area (Å²) < 4.78 is 28.9. The second kappa shape index (κ2) is 6.85. The second-order valence-electron chi connectivity index (χ2n) is 7.65. The zero-order valence-electron chi connectivity index (χ0n) is 15.9. The topological polar surface area (TPSA) is 53.2 Å². The lowest BCUT2D eigenvalue weighted by molar-refractivity contribution is 0.588. The molecular weight excluding hydrogens is 388 g/mol. The highest BCUT2D eigenvalue weighted by Gasteiger charge is 2.33. The molecule has 5 rings (SSSR count). The third-order valence-electron chi connectivity index (χ3n) is 5.91. The number of benzene rings is 2. The van der Waals surface area contributed by atoms with Gasteiger partial charge in [-0.2, -0.15) is 0 Å². The van der Waals surface area contributed by atoms with Crippen molar-refractivity contribution in [3.8, 4) is 0 Å². The van der Waals surface area contributed by atoms with Gasteiger partial charge >= 0.3 is 0 Å². The molecule has 0 fully saturated rings. The van der Waals surface area contributed by atoms with E-state index >= 15 is 0 Å². The molecule has 28 heavy (non-hydrogen) atoms. The molecule has 6 heteroatoms. The summed E-state index contributed by atoms with van der Waals surface area (Å²) in [6.45, 7) is 2.64. The number of aromatic nitrogens is 1. The van der Waals surface area contributed by atoms with Crippen molar-refractivity contribution in [3.05, 3.63) is 53.7 Å². The molecule has 0 bridgehead atoms. The predicted molar refractivity (Wildman–Crippen MR) is 116 cm³/mol. The molecule has 146 valence electrons.